The van der Waals surface area contributed by atoms with Crippen molar-refractivity contribution in [2.45, 2.75) is 52.0 Å². The highest BCUT2D eigenvalue weighted by Gasteiger charge is 2.17. The third-order valence-electron chi connectivity index (χ3n) is 4.04. The van der Waals surface area contributed by atoms with Crippen LogP contribution >= 0.6 is 0 Å². The molecule has 0 amide bonds. The molecule has 1 aromatic rings. The zero-order valence-electron chi connectivity index (χ0n) is 12.3. The van der Waals surface area contributed by atoms with Gasteiger partial charge in [0.05, 0.1) is 6.61 Å². The maximum absolute atomic E-state index is 6.08. The zero-order chi connectivity index (χ0) is 13.5. The largest absolute Gasteiger partial charge is 0.493 e. The molecular formula is C17H27NO. The summed E-state index contributed by atoms with van der Waals surface area (Å²) in [7, 11) is 0. The monoisotopic (exact) mass is 261 g/mol. The summed E-state index contributed by atoms with van der Waals surface area (Å²) in [5.74, 6) is 1.83. The quantitative estimate of drug-likeness (QED) is 0.789. The SMILES string of the molecule is CCCNC(C)c1ccccc1OCC1CCCC1. The number of ether oxygens (including phenoxy) is 1. The minimum atomic E-state index is 0.361. The van der Waals surface area contributed by atoms with E-state index in [1.807, 2.05) is 0 Å². The van der Waals surface area contributed by atoms with Crippen LogP contribution in [0.4, 0.5) is 0 Å². The Morgan fingerprint density at radius 1 is 1.26 bits per heavy atom. The molecule has 0 heterocycles. The molecule has 19 heavy (non-hydrogen) atoms. The van der Waals surface area contributed by atoms with Gasteiger partial charge in [0.15, 0.2) is 0 Å². The number of hydrogen-bond acceptors (Lipinski definition) is 2. The van der Waals surface area contributed by atoms with E-state index < -0.39 is 0 Å². The van der Waals surface area contributed by atoms with Crippen molar-refractivity contribution in [2.75, 3.05) is 13.2 Å². The van der Waals surface area contributed by atoms with Gasteiger partial charge in [-0.15, -0.1) is 0 Å². The molecule has 0 aromatic heterocycles. The van der Waals surface area contributed by atoms with Crippen molar-refractivity contribution in [3.63, 3.8) is 0 Å². The topological polar surface area (TPSA) is 21.3 Å². The van der Waals surface area contributed by atoms with E-state index in [9.17, 15) is 0 Å². The molecule has 1 aliphatic carbocycles. The molecule has 106 valence electrons. The van der Waals surface area contributed by atoms with Gasteiger partial charge in [-0.2, -0.15) is 0 Å². The minimum Gasteiger partial charge on any atom is -0.493 e. The molecule has 0 bridgehead atoms. The molecule has 1 fully saturated rings. The third kappa shape index (κ3) is 4.24. The Labute approximate surface area is 117 Å². The first-order chi connectivity index (χ1) is 9.31. The van der Waals surface area contributed by atoms with Gasteiger partial charge in [-0.3, -0.25) is 0 Å². The van der Waals surface area contributed by atoms with Crippen molar-refractivity contribution in [1.29, 1.82) is 0 Å². The predicted octanol–water partition coefficient (Wildman–Crippen LogP) is 4.32. The van der Waals surface area contributed by atoms with E-state index >= 15 is 0 Å². The van der Waals surface area contributed by atoms with Gasteiger partial charge in [-0.25, -0.2) is 0 Å². The van der Waals surface area contributed by atoms with Crippen LogP contribution in [0.25, 0.3) is 0 Å². The summed E-state index contributed by atoms with van der Waals surface area (Å²) in [6.45, 7) is 6.35. The maximum Gasteiger partial charge on any atom is 0.124 e. The Kier molecular flexibility index (Phi) is 5.71. The first-order valence-electron chi connectivity index (χ1n) is 7.76. The first kappa shape index (κ1) is 14.4. The fraction of sp³-hybridized carbons (Fsp3) is 0.647. The van der Waals surface area contributed by atoms with Crippen LogP contribution in [-0.2, 0) is 0 Å². The van der Waals surface area contributed by atoms with Crippen LogP contribution in [0.15, 0.2) is 24.3 Å². The highest BCUT2D eigenvalue weighted by atomic mass is 16.5. The predicted molar refractivity (Wildman–Crippen MR) is 80.6 cm³/mol. The second kappa shape index (κ2) is 7.54. The lowest BCUT2D eigenvalue weighted by atomic mass is 10.1. The zero-order valence-corrected chi connectivity index (χ0v) is 12.3. The summed E-state index contributed by atoms with van der Waals surface area (Å²) in [5, 5.41) is 3.54. The maximum atomic E-state index is 6.08. The second-order valence-corrected chi connectivity index (χ2v) is 5.68. The molecule has 0 saturated heterocycles. The Hall–Kier alpha value is -1.02. The molecule has 2 heteroatoms. The van der Waals surface area contributed by atoms with E-state index in [0.29, 0.717) is 6.04 Å². The summed E-state index contributed by atoms with van der Waals surface area (Å²) in [4.78, 5) is 0. The van der Waals surface area contributed by atoms with Crippen LogP contribution in [0.3, 0.4) is 0 Å². The van der Waals surface area contributed by atoms with Gasteiger partial charge < -0.3 is 10.1 Å². The van der Waals surface area contributed by atoms with Gasteiger partial charge in [0.25, 0.3) is 0 Å². The fourth-order valence-corrected chi connectivity index (χ4v) is 2.83. The van der Waals surface area contributed by atoms with Crippen LogP contribution in [0.1, 0.15) is 57.6 Å². The van der Waals surface area contributed by atoms with Crippen molar-refractivity contribution in [1.82, 2.24) is 5.32 Å². The van der Waals surface area contributed by atoms with Crippen LogP contribution in [0, 0.1) is 5.92 Å². The Morgan fingerprint density at radius 2 is 2.00 bits per heavy atom. The van der Waals surface area contributed by atoms with E-state index in [2.05, 4.69) is 43.4 Å². The van der Waals surface area contributed by atoms with E-state index in [4.69, 9.17) is 4.74 Å². The smallest absolute Gasteiger partial charge is 0.124 e. The van der Waals surface area contributed by atoms with Gasteiger partial charge in [0.1, 0.15) is 5.75 Å². The van der Waals surface area contributed by atoms with Crippen molar-refractivity contribution in [3.05, 3.63) is 29.8 Å². The molecule has 0 radical (unpaired) electrons. The molecule has 1 N–H and O–H groups in total. The lowest BCUT2D eigenvalue weighted by molar-refractivity contribution is 0.248. The molecule has 1 aromatic carbocycles. The average Bonchev–Trinajstić information content (AvgIpc) is 2.96. The molecule has 2 nitrogen and oxygen atoms in total. The lowest BCUT2D eigenvalue weighted by Gasteiger charge is -2.19. The summed E-state index contributed by atoms with van der Waals surface area (Å²) in [6.07, 6.45) is 6.60. The van der Waals surface area contributed by atoms with Gasteiger partial charge in [-0.1, -0.05) is 38.0 Å². The van der Waals surface area contributed by atoms with Crippen molar-refractivity contribution in [3.8, 4) is 5.75 Å². The summed E-state index contributed by atoms with van der Waals surface area (Å²) in [6, 6.07) is 8.81. The Balaban J connectivity index is 1.94. The molecule has 1 unspecified atom stereocenters. The number of rotatable bonds is 7. The average molecular weight is 261 g/mol. The number of hydrogen-bond donors (Lipinski definition) is 1. The standard InChI is InChI=1S/C17H27NO/c1-3-12-18-14(2)16-10-6-7-11-17(16)19-13-15-8-4-5-9-15/h6-7,10-11,14-15,18H,3-5,8-9,12-13H2,1-2H3. The van der Waals surface area contributed by atoms with E-state index in [1.54, 1.807) is 0 Å². The molecule has 0 spiro atoms. The fourth-order valence-electron chi connectivity index (χ4n) is 2.83. The third-order valence-corrected chi connectivity index (χ3v) is 4.04. The normalized spacial score (nSPS) is 17.6. The molecule has 1 atom stereocenters. The number of para-hydroxylation sites is 1. The van der Waals surface area contributed by atoms with Crippen LogP contribution in [-0.4, -0.2) is 13.2 Å². The van der Waals surface area contributed by atoms with Gasteiger partial charge in [-0.05, 0) is 44.7 Å². The minimum absolute atomic E-state index is 0.361. The van der Waals surface area contributed by atoms with Gasteiger partial charge >= 0.3 is 0 Å². The van der Waals surface area contributed by atoms with Gasteiger partial charge in [0, 0.05) is 11.6 Å². The van der Waals surface area contributed by atoms with Crippen LogP contribution < -0.4 is 10.1 Å². The first-order valence-corrected chi connectivity index (χ1v) is 7.76. The van der Waals surface area contributed by atoms with Crippen molar-refractivity contribution >= 4 is 0 Å². The van der Waals surface area contributed by atoms with Crippen LogP contribution in [0.2, 0.25) is 0 Å². The van der Waals surface area contributed by atoms with Gasteiger partial charge in [0.2, 0.25) is 0 Å². The van der Waals surface area contributed by atoms with Crippen molar-refractivity contribution in [2.24, 2.45) is 5.92 Å². The van der Waals surface area contributed by atoms with E-state index in [-0.39, 0.29) is 0 Å². The Bertz CT molecular complexity index is 371. The highest BCUT2D eigenvalue weighted by Crippen LogP contribution is 2.28. The van der Waals surface area contributed by atoms with E-state index in [1.165, 1.54) is 31.2 Å². The Morgan fingerprint density at radius 3 is 2.74 bits per heavy atom. The summed E-state index contributed by atoms with van der Waals surface area (Å²) >= 11 is 0. The molecule has 1 aliphatic rings. The van der Waals surface area contributed by atoms with Crippen molar-refractivity contribution < 1.29 is 4.74 Å². The molecule has 2 rings (SSSR count). The number of benzene rings is 1. The second-order valence-electron chi connectivity index (χ2n) is 5.68. The summed E-state index contributed by atoms with van der Waals surface area (Å²) in [5.41, 5.74) is 1.29. The van der Waals surface area contributed by atoms with E-state index in [0.717, 1.165) is 31.2 Å². The lowest BCUT2D eigenvalue weighted by Crippen LogP contribution is -2.20. The molecule has 0 aliphatic heterocycles. The van der Waals surface area contributed by atoms with Crippen LogP contribution in [0.5, 0.6) is 5.75 Å². The number of nitrogens with one attached hydrogen (secondary N) is 1. The molecular weight excluding hydrogens is 234 g/mol. The highest BCUT2D eigenvalue weighted by molar-refractivity contribution is 5.35. The summed E-state index contributed by atoms with van der Waals surface area (Å²) < 4.78 is 6.08. The molecule has 1 saturated carbocycles.